The summed E-state index contributed by atoms with van der Waals surface area (Å²) in [5.41, 5.74) is 1.67. The lowest BCUT2D eigenvalue weighted by atomic mass is 9.72. The lowest BCUT2D eigenvalue weighted by molar-refractivity contribution is -0.162. The Labute approximate surface area is 227 Å². The molecule has 1 aliphatic carbocycles. The van der Waals surface area contributed by atoms with Crippen LogP contribution in [0.4, 0.5) is 0 Å². The van der Waals surface area contributed by atoms with Crippen molar-refractivity contribution in [1.82, 2.24) is 4.98 Å². The second kappa shape index (κ2) is 9.01. The number of benzene rings is 1. The molecule has 8 heteroatoms. The van der Waals surface area contributed by atoms with Crippen LogP contribution in [0.25, 0.3) is 11.0 Å². The fourth-order valence-corrected chi connectivity index (χ4v) is 5.96. The summed E-state index contributed by atoms with van der Waals surface area (Å²) in [6, 6.07) is 7.48. The highest BCUT2D eigenvalue weighted by atomic mass is 28.2. The molecule has 0 bridgehead atoms. The van der Waals surface area contributed by atoms with Gasteiger partial charge in [-0.3, -0.25) is 9.78 Å². The van der Waals surface area contributed by atoms with Gasteiger partial charge in [0.15, 0.2) is 17.2 Å². The molecule has 3 aromatic rings. The summed E-state index contributed by atoms with van der Waals surface area (Å²) < 4.78 is 31.3. The Kier molecular flexibility index (Phi) is 6.42. The highest BCUT2D eigenvalue weighted by Crippen LogP contribution is 2.46. The third-order valence-electron chi connectivity index (χ3n) is 7.10. The van der Waals surface area contributed by atoms with E-state index in [-0.39, 0.29) is 29.6 Å². The van der Waals surface area contributed by atoms with Crippen LogP contribution >= 0.6 is 0 Å². The molecule has 1 fully saturated rings. The van der Waals surface area contributed by atoms with E-state index in [1.165, 1.54) is 0 Å². The zero-order valence-electron chi connectivity index (χ0n) is 23.7. The van der Waals surface area contributed by atoms with E-state index in [0.717, 1.165) is 10.9 Å². The van der Waals surface area contributed by atoms with E-state index in [1.807, 2.05) is 52.0 Å². The van der Waals surface area contributed by atoms with Crippen molar-refractivity contribution >= 4 is 26.5 Å². The average Bonchev–Trinajstić information content (AvgIpc) is 3.38. The van der Waals surface area contributed by atoms with Gasteiger partial charge in [0.05, 0.1) is 17.4 Å². The van der Waals surface area contributed by atoms with Gasteiger partial charge in [-0.2, -0.15) is 0 Å². The molecule has 0 saturated carbocycles. The van der Waals surface area contributed by atoms with Crippen LogP contribution in [0.3, 0.4) is 0 Å². The van der Waals surface area contributed by atoms with E-state index < -0.39 is 16.8 Å². The number of ether oxygens (including phenoxy) is 3. The summed E-state index contributed by atoms with van der Waals surface area (Å²) in [6.07, 6.45) is 2.70. The molecule has 1 aliphatic heterocycles. The average molecular weight is 536 g/mol. The van der Waals surface area contributed by atoms with Crippen molar-refractivity contribution in [1.29, 1.82) is 0 Å². The third-order valence-corrected chi connectivity index (χ3v) is 8.34. The maximum Gasteiger partial charge on any atom is 0.236 e. The number of furan rings is 1. The molecule has 2 aromatic heterocycles. The van der Waals surface area contributed by atoms with Crippen LogP contribution in [-0.4, -0.2) is 50.7 Å². The SMILES string of the molecule is CC1(C)O[C@@H](C(C)(C)O[Si]C(C)(C)C)[C@@H](COc2ccc3c(c2)C(C)(C)c2oc4cnccc4c2C3=O)O1. The van der Waals surface area contributed by atoms with Crippen LogP contribution in [0.2, 0.25) is 5.04 Å². The molecule has 2 aliphatic rings. The molecule has 38 heavy (non-hydrogen) atoms. The Morgan fingerprint density at radius 2 is 1.79 bits per heavy atom. The normalized spacial score (nSPS) is 22.4. The number of pyridine rings is 1. The smallest absolute Gasteiger partial charge is 0.236 e. The molecular formula is C30H37NO6Si. The largest absolute Gasteiger partial charge is 0.491 e. The summed E-state index contributed by atoms with van der Waals surface area (Å²) in [5.74, 6) is 0.524. The zero-order valence-corrected chi connectivity index (χ0v) is 24.7. The van der Waals surface area contributed by atoms with E-state index in [4.69, 9.17) is 23.1 Å². The van der Waals surface area contributed by atoms with Crippen molar-refractivity contribution in [2.24, 2.45) is 0 Å². The number of ketones is 1. The Bertz CT molecular complexity index is 1380. The predicted molar refractivity (Wildman–Crippen MR) is 146 cm³/mol. The maximum absolute atomic E-state index is 13.5. The molecule has 0 amide bonds. The van der Waals surface area contributed by atoms with Crippen molar-refractivity contribution in [2.45, 2.75) is 96.4 Å². The van der Waals surface area contributed by atoms with Crippen molar-refractivity contribution in [3.8, 4) is 5.75 Å². The molecule has 0 spiro atoms. The second-order valence-corrected chi connectivity index (χ2v) is 14.7. The monoisotopic (exact) mass is 535 g/mol. The molecule has 0 N–H and O–H groups in total. The van der Waals surface area contributed by atoms with Crippen LogP contribution in [0.5, 0.6) is 5.75 Å². The van der Waals surface area contributed by atoms with Crippen molar-refractivity contribution in [2.75, 3.05) is 6.61 Å². The lowest BCUT2D eigenvalue weighted by Crippen LogP contribution is -2.48. The van der Waals surface area contributed by atoms with Crippen molar-refractivity contribution in [3.05, 3.63) is 59.1 Å². The number of carbonyl (C=O) groups excluding carboxylic acids is 1. The van der Waals surface area contributed by atoms with Gasteiger partial charge in [0, 0.05) is 22.6 Å². The summed E-state index contributed by atoms with van der Waals surface area (Å²) >= 11 is 0. The van der Waals surface area contributed by atoms with E-state index >= 15 is 0 Å². The topological polar surface area (TPSA) is 80.0 Å². The first-order chi connectivity index (χ1) is 17.6. The molecule has 2 radical (unpaired) electrons. The second-order valence-electron chi connectivity index (χ2n) is 12.8. The Hall–Kier alpha value is -2.52. The number of rotatable bonds is 6. The van der Waals surface area contributed by atoms with Crippen LogP contribution in [0, 0.1) is 0 Å². The molecule has 1 saturated heterocycles. The minimum Gasteiger partial charge on any atom is -0.491 e. The first-order valence-corrected chi connectivity index (χ1v) is 14.0. The number of aromatic nitrogens is 1. The van der Waals surface area contributed by atoms with E-state index in [2.05, 4.69) is 39.6 Å². The van der Waals surface area contributed by atoms with E-state index in [1.54, 1.807) is 12.4 Å². The standard InChI is InChI=1S/C30H37NO6Si/c1-27(2,3)38-37-29(6,7)25-22(35-30(8,9)36-25)16-33-17-10-11-18-20(14-17)28(4,5)26-23(24(18)32)19-12-13-31-15-21(19)34-26/h10-15,22,25H,16H2,1-9H3/t22-,25-/m1/s1. The molecule has 202 valence electrons. The van der Waals surface area contributed by atoms with Crippen LogP contribution < -0.4 is 4.74 Å². The summed E-state index contributed by atoms with van der Waals surface area (Å²) in [5, 5.41) is 0.852. The van der Waals surface area contributed by atoms with Gasteiger partial charge in [0.25, 0.3) is 0 Å². The third kappa shape index (κ3) is 4.83. The zero-order chi connectivity index (χ0) is 27.7. The maximum atomic E-state index is 13.5. The van der Waals surface area contributed by atoms with Crippen LogP contribution in [-0.2, 0) is 19.3 Å². The number of carbonyl (C=O) groups is 1. The molecule has 3 heterocycles. The van der Waals surface area contributed by atoms with Crippen LogP contribution in [0.1, 0.15) is 89.6 Å². The highest BCUT2D eigenvalue weighted by molar-refractivity contribution is 6.31. The van der Waals surface area contributed by atoms with Gasteiger partial charge in [-0.05, 0) is 76.4 Å². The van der Waals surface area contributed by atoms with E-state index in [9.17, 15) is 4.79 Å². The number of fused-ring (bicyclic) bond motifs is 4. The van der Waals surface area contributed by atoms with Crippen LogP contribution in [0.15, 0.2) is 41.1 Å². The van der Waals surface area contributed by atoms with E-state index in [0.29, 0.717) is 38.0 Å². The molecule has 5 rings (SSSR count). The minimum absolute atomic E-state index is 0.0428. The van der Waals surface area contributed by atoms with Gasteiger partial charge in [-0.1, -0.05) is 20.8 Å². The van der Waals surface area contributed by atoms with Gasteiger partial charge in [0.2, 0.25) is 9.76 Å². The molecular weight excluding hydrogens is 498 g/mol. The van der Waals surface area contributed by atoms with Crippen molar-refractivity contribution in [3.63, 3.8) is 0 Å². The Balaban J connectivity index is 1.39. The van der Waals surface area contributed by atoms with Gasteiger partial charge >= 0.3 is 0 Å². The quantitative estimate of drug-likeness (QED) is 0.346. The van der Waals surface area contributed by atoms with Gasteiger partial charge < -0.3 is 23.1 Å². The number of nitrogens with zero attached hydrogens (tertiary/aromatic N) is 1. The first kappa shape index (κ1) is 27.1. The van der Waals surface area contributed by atoms with Gasteiger partial charge in [0.1, 0.15) is 30.3 Å². The lowest BCUT2D eigenvalue weighted by Gasteiger charge is -2.36. The van der Waals surface area contributed by atoms with Crippen molar-refractivity contribution < 1.29 is 27.8 Å². The number of hydrogen-bond acceptors (Lipinski definition) is 7. The molecule has 0 unspecified atom stereocenters. The Morgan fingerprint density at radius 3 is 2.50 bits per heavy atom. The van der Waals surface area contributed by atoms with Gasteiger partial charge in [-0.15, -0.1) is 0 Å². The number of hydrogen-bond donors (Lipinski definition) is 0. The fourth-order valence-electron chi connectivity index (χ4n) is 5.27. The highest BCUT2D eigenvalue weighted by Gasteiger charge is 2.50. The first-order valence-electron chi connectivity index (χ1n) is 13.1. The summed E-state index contributed by atoms with van der Waals surface area (Å²) in [7, 11) is 0.320. The molecule has 2 atom stereocenters. The molecule has 7 nitrogen and oxygen atoms in total. The molecule has 1 aromatic carbocycles. The minimum atomic E-state index is -0.749. The summed E-state index contributed by atoms with van der Waals surface area (Å²) in [4.78, 5) is 17.7. The van der Waals surface area contributed by atoms with Gasteiger partial charge in [-0.25, -0.2) is 0 Å². The fraction of sp³-hybridized carbons (Fsp3) is 0.533. The predicted octanol–water partition coefficient (Wildman–Crippen LogP) is 6.23. The Morgan fingerprint density at radius 1 is 1.05 bits per heavy atom. The summed E-state index contributed by atoms with van der Waals surface area (Å²) in [6.45, 7) is 18.8.